The molecule has 0 spiro atoms. The van der Waals surface area contributed by atoms with Crippen molar-refractivity contribution in [2.45, 2.75) is 0 Å². The summed E-state index contributed by atoms with van der Waals surface area (Å²) in [5, 5.41) is 3.11. The highest BCUT2D eigenvalue weighted by Gasteiger charge is 2.10. The highest BCUT2D eigenvalue weighted by Crippen LogP contribution is 2.18. The van der Waals surface area contributed by atoms with Gasteiger partial charge in [-0.05, 0) is 5.57 Å². The van der Waals surface area contributed by atoms with Crippen molar-refractivity contribution in [3.63, 3.8) is 0 Å². The Morgan fingerprint density at radius 2 is 2.00 bits per heavy atom. The van der Waals surface area contributed by atoms with Gasteiger partial charge < -0.3 is 5.32 Å². The first-order valence-electron chi connectivity index (χ1n) is 3.20. The van der Waals surface area contributed by atoms with E-state index < -0.39 is 0 Å². The molecule has 0 saturated carbocycles. The van der Waals surface area contributed by atoms with E-state index in [0.717, 1.165) is 17.8 Å². The predicted octanol–water partition coefficient (Wildman–Crippen LogP) is 1.77. The average Bonchev–Trinajstić information content (AvgIpc) is 2.30. The number of hydrogen-bond donors (Lipinski definition) is 1. The smallest absolute Gasteiger partial charge is 0.0407 e. The van der Waals surface area contributed by atoms with Crippen LogP contribution < -0.4 is 5.32 Å². The molecule has 10 heavy (non-hydrogen) atoms. The second-order valence-electron chi connectivity index (χ2n) is 2.18. The van der Waals surface area contributed by atoms with E-state index in [1.807, 2.05) is 6.08 Å². The molecule has 1 rings (SSSR count). The first-order chi connectivity index (χ1) is 4.79. The Morgan fingerprint density at radius 1 is 1.30 bits per heavy atom. The van der Waals surface area contributed by atoms with Crippen molar-refractivity contribution in [1.82, 2.24) is 5.32 Å². The van der Waals surface area contributed by atoms with Gasteiger partial charge in [0.25, 0.3) is 0 Å². The third-order valence-corrected chi connectivity index (χ3v) is 1.61. The Labute approximate surface area is 61.4 Å². The third kappa shape index (κ3) is 0.903. The van der Waals surface area contributed by atoms with Crippen LogP contribution in [-0.4, -0.2) is 6.54 Å². The molecule has 0 aromatic rings. The Balaban J connectivity index is 3.02. The van der Waals surface area contributed by atoms with Gasteiger partial charge in [0.1, 0.15) is 0 Å². The first kappa shape index (κ1) is 6.87. The molecule has 52 valence electrons. The van der Waals surface area contributed by atoms with Crippen molar-refractivity contribution in [3.8, 4) is 0 Å². The third-order valence-electron chi connectivity index (χ3n) is 1.61. The van der Waals surface area contributed by atoms with E-state index in [1.165, 1.54) is 5.57 Å². The summed E-state index contributed by atoms with van der Waals surface area (Å²) in [7, 11) is 0. The molecule has 1 nitrogen and oxygen atoms in total. The minimum atomic E-state index is 0.837. The van der Waals surface area contributed by atoms with E-state index in [2.05, 4.69) is 25.1 Å². The van der Waals surface area contributed by atoms with E-state index in [-0.39, 0.29) is 0 Å². The SMILES string of the molecule is C=CC1=C(C=C)C(=C)NC1. The molecule has 0 aliphatic carbocycles. The van der Waals surface area contributed by atoms with Crippen LogP contribution in [0.2, 0.25) is 0 Å². The number of rotatable bonds is 2. The van der Waals surface area contributed by atoms with Gasteiger partial charge in [-0.1, -0.05) is 31.9 Å². The Bertz CT molecular complexity index is 221. The van der Waals surface area contributed by atoms with E-state index in [9.17, 15) is 0 Å². The van der Waals surface area contributed by atoms with Gasteiger partial charge in [0.15, 0.2) is 0 Å². The summed E-state index contributed by atoms with van der Waals surface area (Å²) in [6.07, 6.45) is 3.64. The Kier molecular flexibility index (Phi) is 1.76. The summed E-state index contributed by atoms with van der Waals surface area (Å²) in [6, 6.07) is 0. The zero-order valence-electron chi connectivity index (χ0n) is 5.98. The van der Waals surface area contributed by atoms with Crippen molar-refractivity contribution in [2.75, 3.05) is 6.54 Å². The topological polar surface area (TPSA) is 12.0 Å². The molecule has 0 unspecified atom stereocenters. The van der Waals surface area contributed by atoms with Crippen LogP contribution in [0.3, 0.4) is 0 Å². The van der Waals surface area contributed by atoms with E-state index in [4.69, 9.17) is 0 Å². The zero-order valence-corrected chi connectivity index (χ0v) is 5.98. The van der Waals surface area contributed by atoms with Crippen LogP contribution in [0.4, 0.5) is 0 Å². The number of hydrogen-bond acceptors (Lipinski definition) is 1. The molecule has 1 aliphatic rings. The minimum Gasteiger partial charge on any atom is -0.381 e. The van der Waals surface area contributed by atoms with E-state index >= 15 is 0 Å². The maximum absolute atomic E-state index is 3.82. The van der Waals surface area contributed by atoms with Crippen molar-refractivity contribution in [3.05, 3.63) is 48.7 Å². The van der Waals surface area contributed by atoms with Crippen molar-refractivity contribution < 1.29 is 0 Å². The Hall–Kier alpha value is -1.24. The highest BCUT2D eigenvalue weighted by molar-refractivity contribution is 5.49. The van der Waals surface area contributed by atoms with Gasteiger partial charge in [-0.2, -0.15) is 0 Å². The van der Waals surface area contributed by atoms with Gasteiger partial charge in [0.05, 0.1) is 0 Å². The van der Waals surface area contributed by atoms with Crippen LogP contribution >= 0.6 is 0 Å². The molecule has 1 N–H and O–H groups in total. The molecule has 0 fully saturated rings. The van der Waals surface area contributed by atoms with Crippen molar-refractivity contribution in [2.24, 2.45) is 0 Å². The molecule has 0 radical (unpaired) electrons. The summed E-state index contributed by atoms with van der Waals surface area (Å²) < 4.78 is 0. The maximum Gasteiger partial charge on any atom is 0.0407 e. The first-order valence-corrected chi connectivity index (χ1v) is 3.20. The lowest BCUT2D eigenvalue weighted by molar-refractivity contribution is 0.967. The molecule has 1 aliphatic heterocycles. The summed E-state index contributed by atoms with van der Waals surface area (Å²) >= 11 is 0. The summed E-state index contributed by atoms with van der Waals surface area (Å²) in [4.78, 5) is 0. The van der Waals surface area contributed by atoms with Crippen LogP contribution in [0.25, 0.3) is 0 Å². The van der Waals surface area contributed by atoms with Crippen molar-refractivity contribution in [1.29, 1.82) is 0 Å². The molecule has 0 atom stereocenters. The van der Waals surface area contributed by atoms with Gasteiger partial charge in [-0.25, -0.2) is 0 Å². The molecule has 0 amide bonds. The number of nitrogens with one attached hydrogen (secondary N) is 1. The highest BCUT2D eigenvalue weighted by atomic mass is 14.9. The van der Waals surface area contributed by atoms with E-state index in [1.54, 1.807) is 6.08 Å². The molecule has 1 heteroatoms. The average molecular weight is 133 g/mol. The summed E-state index contributed by atoms with van der Waals surface area (Å²) in [6.45, 7) is 12.0. The van der Waals surface area contributed by atoms with Gasteiger partial charge in [0, 0.05) is 17.8 Å². The molecular formula is C9H11N. The maximum atomic E-state index is 3.82. The summed E-state index contributed by atoms with van der Waals surface area (Å²) in [5.74, 6) is 0. The lowest BCUT2D eigenvalue weighted by atomic mass is 10.1. The van der Waals surface area contributed by atoms with Gasteiger partial charge in [0.2, 0.25) is 0 Å². The van der Waals surface area contributed by atoms with E-state index in [0.29, 0.717) is 0 Å². The largest absolute Gasteiger partial charge is 0.381 e. The summed E-state index contributed by atoms with van der Waals surface area (Å²) in [5.41, 5.74) is 3.22. The minimum absolute atomic E-state index is 0.837. The fraction of sp³-hybridized carbons (Fsp3) is 0.111. The van der Waals surface area contributed by atoms with Gasteiger partial charge >= 0.3 is 0 Å². The molecular weight excluding hydrogens is 122 g/mol. The molecule has 0 aromatic heterocycles. The van der Waals surface area contributed by atoms with Crippen LogP contribution in [0.15, 0.2) is 48.7 Å². The van der Waals surface area contributed by atoms with Gasteiger partial charge in [-0.3, -0.25) is 0 Å². The molecule has 0 bridgehead atoms. The Morgan fingerprint density at radius 3 is 2.40 bits per heavy atom. The second-order valence-corrected chi connectivity index (χ2v) is 2.18. The predicted molar refractivity (Wildman–Crippen MR) is 44.6 cm³/mol. The van der Waals surface area contributed by atoms with Crippen LogP contribution in [0, 0.1) is 0 Å². The lowest BCUT2D eigenvalue weighted by Crippen LogP contribution is -2.05. The number of allylic oxidation sites excluding steroid dienone is 1. The molecule has 0 saturated heterocycles. The molecule has 1 heterocycles. The fourth-order valence-corrected chi connectivity index (χ4v) is 1.02. The fourth-order valence-electron chi connectivity index (χ4n) is 1.02. The lowest BCUT2D eigenvalue weighted by Gasteiger charge is -1.94. The standard InChI is InChI=1S/C9H11N/c1-4-8-6-10-7(3)9(8)5-2/h4-5,10H,1-3,6H2. The van der Waals surface area contributed by atoms with Crippen LogP contribution in [0.5, 0.6) is 0 Å². The molecule has 0 aromatic carbocycles. The zero-order chi connectivity index (χ0) is 7.56. The van der Waals surface area contributed by atoms with Crippen LogP contribution in [-0.2, 0) is 0 Å². The normalized spacial score (nSPS) is 17.0. The van der Waals surface area contributed by atoms with Crippen molar-refractivity contribution >= 4 is 0 Å². The van der Waals surface area contributed by atoms with Gasteiger partial charge in [-0.15, -0.1) is 0 Å². The van der Waals surface area contributed by atoms with Crippen LogP contribution in [0.1, 0.15) is 0 Å². The second kappa shape index (κ2) is 2.56. The monoisotopic (exact) mass is 133 g/mol. The quantitative estimate of drug-likeness (QED) is 0.605.